The zero-order valence-electron chi connectivity index (χ0n) is 28.9. The second-order valence-corrected chi connectivity index (χ2v) is 16.8. The smallest absolute Gasteiger partial charge is 0.306 e. The first-order chi connectivity index (χ1) is 21.3. The van der Waals surface area contributed by atoms with Gasteiger partial charge >= 0.3 is 5.97 Å². The second-order valence-electron chi connectivity index (χ2n) is 16.8. The zero-order valence-corrected chi connectivity index (χ0v) is 28.9. The number of ether oxygens (including phenoxy) is 2. The average Bonchev–Trinajstić information content (AvgIpc) is 3.26. The first-order valence-corrected chi connectivity index (χ1v) is 17.5. The SMILES string of the molecule is C=C(CCC(C(=O)O)C1CCC2(C)C3=C(CCC12C)C1(C)CCC(=O)C(C)(C)C1CC3OC1OC(CO)C(O)C(O)C1O)C(C)C. The van der Waals surface area contributed by atoms with Gasteiger partial charge in [-0.1, -0.05) is 66.2 Å². The lowest BCUT2D eigenvalue weighted by Crippen LogP contribution is -2.61. The molecule has 3 fully saturated rings. The number of carboxylic acids is 1. The lowest BCUT2D eigenvalue weighted by atomic mass is 9.43. The fourth-order valence-corrected chi connectivity index (χ4v) is 10.7. The van der Waals surface area contributed by atoms with Crippen molar-refractivity contribution in [3.8, 4) is 0 Å². The van der Waals surface area contributed by atoms with Gasteiger partial charge in [-0.25, -0.2) is 0 Å². The number of ketones is 1. The molecule has 46 heavy (non-hydrogen) atoms. The van der Waals surface area contributed by atoms with E-state index in [0.717, 1.165) is 43.3 Å². The van der Waals surface area contributed by atoms with Crippen molar-refractivity contribution in [3.05, 3.63) is 23.3 Å². The molecular weight excluding hydrogens is 588 g/mol. The Kier molecular flexibility index (Phi) is 9.59. The van der Waals surface area contributed by atoms with Gasteiger partial charge in [0.1, 0.15) is 30.2 Å². The molecule has 5 aliphatic rings. The molecule has 5 rings (SSSR count). The molecule has 1 heterocycles. The summed E-state index contributed by atoms with van der Waals surface area (Å²) in [5.74, 6) is -0.827. The van der Waals surface area contributed by atoms with Crippen molar-refractivity contribution in [1.82, 2.24) is 0 Å². The van der Waals surface area contributed by atoms with Gasteiger partial charge in [0.25, 0.3) is 0 Å². The number of hydrogen-bond donors (Lipinski definition) is 5. The highest BCUT2D eigenvalue weighted by Crippen LogP contribution is 2.72. The van der Waals surface area contributed by atoms with Crippen LogP contribution in [-0.2, 0) is 19.1 Å². The van der Waals surface area contributed by atoms with Crippen molar-refractivity contribution in [2.45, 2.75) is 143 Å². The van der Waals surface area contributed by atoms with E-state index in [1.54, 1.807) is 0 Å². The molecule has 9 nitrogen and oxygen atoms in total. The Labute approximate surface area is 274 Å². The van der Waals surface area contributed by atoms with E-state index in [1.165, 1.54) is 5.57 Å². The van der Waals surface area contributed by atoms with E-state index in [0.29, 0.717) is 31.6 Å². The van der Waals surface area contributed by atoms with Crippen LogP contribution in [0.3, 0.4) is 0 Å². The average molecular weight is 647 g/mol. The van der Waals surface area contributed by atoms with E-state index in [1.807, 2.05) is 13.8 Å². The molecule has 260 valence electrons. The quantitative estimate of drug-likeness (QED) is 0.223. The van der Waals surface area contributed by atoms with Crippen molar-refractivity contribution in [2.24, 2.45) is 45.3 Å². The Morgan fingerprint density at radius 1 is 1.02 bits per heavy atom. The largest absolute Gasteiger partial charge is 0.481 e. The normalized spacial score (nSPS) is 44.4. The van der Waals surface area contributed by atoms with Crippen LogP contribution >= 0.6 is 0 Å². The summed E-state index contributed by atoms with van der Waals surface area (Å²) in [6.07, 6.45) is -1.40. The molecule has 0 aromatic carbocycles. The summed E-state index contributed by atoms with van der Waals surface area (Å²) in [6, 6.07) is 0. The third-order valence-corrected chi connectivity index (χ3v) is 14.1. The highest BCUT2D eigenvalue weighted by molar-refractivity contribution is 5.86. The number of hydrogen-bond acceptors (Lipinski definition) is 8. The van der Waals surface area contributed by atoms with Crippen molar-refractivity contribution in [1.29, 1.82) is 0 Å². The zero-order chi connectivity index (χ0) is 34.1. The summed E-state index contributed by atoms with van der Waals surface area (Å²) in [6.45, 7) is 18.7. The summed E-state index contributed by atoms with van der Waals surface area (Å²) < 4.78 is 12.6. The maximum atomic E-state index is 13.3. The molecule has 9 heteroatoms. The van der Waals surface area contributed by atoms with E-state index in [-0.39, 0.29) is 28.4 Å². The van der Waals surface area contributed by atoms with Gasteiger partial charge in [0.05, 0.1) is 18.6 Å². The molecule has 12 atom stereocenters. The van der Waals surface area contributed by atoms with Crippen molar-refractivity contribution >= 4 is 11.8 Å². The van der Waals surface area contributed by atoms with Crippen LogP contribution in [0.5, 0.6) is 0 Å². The highest BCUT2D eigenvalue weighted by Gasteiger charge is 2.66. The van der Waals surface area contributed by atoms with Crippen LogP contribution in [-0.4, -0.2) is 80.7 Å². The molecule has 0 aromatic rings. The monoisotopic (exact) mass is 646 g/mol. The number of rotatable bonds is 9. The van der Waals surface area contributed by atoms with Crippen LogP contribution < -0.4 is 0 Å². The number of carbonyl (C=O) groups excluding carboxylic acids is 1. The van der Waals surface area contributed by atoms with Gasteiger partial charge in [-0.2, -0.15) is 0 Å². The molecule has 0 radical (unpaired) electrons. The molecule has 0 bridgehead atoms. The topological polar surface area (TPSA) is 154 Å². The van der Waals surface area contributed by atoms with Crippen LogP contribution in [0.25, 0.3) is 0 Å². The minimum atomic E-state index is -1.56. The van der Waals surface area contributed by atoms with Crippen molar-refractivity contribution in [2.75, 3.05) is 6.61 Å². The molecular formula is C37H58O9. The molecule has 0 spiro atoms. The number of aliphatic hydroxyl groups is 4. The van der Waals surface area contributed by atoms with E-state index in [2.05, 4.69) is 41.2 Å². The lowest BCUT2D eigenvalue weighted by Gasteiger charge is -2.62. The Bertz CT molecular complexity index is 1250. The number of carbonyl (C=O) groups is 2. The summed E-state index contributed by atoms with van der Waals surface area (Å²) >= 11 is 0. The van der Waals surface area contributed by atoms with Gasteiger partial charge in [-0.05, 0) is 90.9 Å². The number of Topliss-reactive ketones (excluding diaryl/α,β-unsaturated/α-hetero) is 1. The Balaban J connectivity index is 1.58. The third kappa shape index (κ3) is 5.36. The molecule has 0 aromatic heterocycles. The van der Waals surface area contributed by atoms with E-state index < -0.39 is 66.1 Å². The summed E-state index contributed by atoms with van der Waals surface area (Å²) in [5, 5.41) is 52.5. The molecule has 1 aliphatic heterocycles. The number of allylic oxidation sites excluding steroid dienone is 2. The fourth-order valence-electron chi connectivity index (χ4n) is 10.7. The number of aliphatic hydroxyl groups excluding tert-OH is 4. The summed E-state index contributed by atoms with van der Waals surface area (Å²) in [5.41, 5.74) is 1.90. The maximum Gasteiger partial charge on any atom is 0.306 e. The van der Waals surface area contributed by atoms with Gasteiger partial charge in [0.15, 0.2) is 6.29 Å². The number of aliphatic carboxylic acids is 1. The molecule has 1 saturated heterocycles. The Morgan fingerprint density at radius 2 is 1.70 bits per heavy atom. The van der Waals surface area contributed by atoms with E-state index >= 15 is 0 Å². The minimum Gasteiger partial charge on any atom is -0.481 e. The number of fused-ring (bicyclic) bond motifs is 4. The van der Waals surface area contributed by atoms with Crippen molar-refractivity contribution < 1.29 is 44.6 Å². The molecule has 2 saturated carbocycles. The summed E-state index contributed by atoms with van der Waals surface area (Å²) in [4.78, 5) is 26.2. The van der Waals surface area contributed by atoms with Crippen LogP contribution in [0.2, 0.25) is 0 Å². The van der Waals surface area contributed by atoms with E-state index in [9.17, 15) is 35.1 Å². The van der Waals surface area contributed by atoms with Gasteiger partial charge in [-0.3, -0.25) is 9.59 Å². The fraction of sp³-hybridized carbons (Fsp3) is 0.838. The second kappa shape index (κ2) is 12.4. The number of carboxylic acid groups (broad SMARTS) is 1. The minimum absolute atomic E-state index is 0.0335. The van der Waals surface area contributed by atoms with Gasteiger partial charge < -0.3 is 35.0 Å². The van der Waals surface area contributed by atoms with Gasteiger partial charge in [0, 0.05) is 11.8 Å². The Hall–Kier alpha value is -1.62. The van der Waals surface area contributed by atoms with Gasteiger partial charge in [0.2, 0.25) is 0 Å². The Morgan fingerprint density at radius 3 is 2.30 bits per heavy atom. The van der Waals surface area contributed by atoms with Crippen LogP contribution in [0.1, 0.15) is 106 Å². The molecule has 0 amide bonds. The standard InChI is InChI=1S/C37H58O9/c1-19(2)20(3)9-10-21(32(43)44)22-11-16-37(8)28-23(12-15-36(22,37)7)35(6)14-13-27(39)34(4,5)26(35)17-24(28)45-33-31(42)30(41)29(40)25(18-38)46-33/h19,21-22,24-26,29-31,33,38,40-42H,3,9-18H2,1-2,4-8H3,(H,43,44). The predicted octanol–water partition coefficient (Wildman–Crippen LogP) is 4.79. The molecule has 4 aliphatic carbocycles. The maximum absolute atomic E-state index is 13.3. The van der Waals surface area contributed by atoms with E-state index in [4.69, 9.17) is 9.47 Å². The first-order valence-electron chi connectivity index (χ1n) is 17.5. The predicted molar refractivity (Wildman–Crippen MR) is 172 cm³/mol. The van der Waals surface area contributed by atoms with Crippen LogP contribution in [0.4, 0.5) is 0 Å². The van der Waals surface area contributed by atoms with Crippen molar-refractivity contribution in [3.63, 3.8) is 0 Å². The molecule has 12 unspecified atom stereocenters. The van der Waals surface area contributed by atoms with Gasteiger partial charge in [-0.15, -0.1) is 0 Å². The third-order valence-electron chi connectivity index (χ3n) is 14.1. The highest BCUT2D eigenvalue weighted by atomic mass is 16.7. The van der Waals surface area contributed by atoms with Crippen LogP contribution in [0, 0.1) is 45.3 Å². The summed E-state index contributed by atoms with van der Waals surface area (Å²) in [7, 11) is 0. The molecule has 5 N–H and O–H groups in total. The lowest BCUT2D eigenvalue weighted by molar-refractivity contribution is -0.312. The van der Waals surface area contributed by atoms with Crippen LogP contribution in [0.15, 0.2) is 23.3 Å². The first kappa shape index (κ1) is 35.7.